The van der Waals surface area contributed by atoms with E-state index in [1.165, 1.54) is 12.1 Å². The van der Waals surface area contributed by atoms with Gasteiger partial charge in [-0.15, -0.1) is 0 Å². The third kappa shape index (κ3) is 2.26. The molecule has 0 fully saturated rings. The molecule has 88 valence electrons. The topological polar surface area (TPSA) is 73.8 Å². The van der Waals surface area contributed by atoms with Crippen molar-refractivity contribution in [3.05, 3.63) is 39.8 Å². The van der Waals surface area contributed by atoms with Crippen LogP contribution >= 0.6 is 11.6 Å². The molecule has 2 aromatic heterocycles. The number of aromatic nitrogens is 3. The highest BCUT2D eigenvalue weighted by Gasteiger charge is 2.14. The van der Waals surface area contributed by atoms with Crippen molar-refractivity contribution in [2.45, 2.75) is 13.5 Å². The van der Waals surface area contributed by atoms with E-state index in [0.717, 1.165) is 0 Å². The van der Waals surface area contributed by atoms with Gasteiger partial charge in [-0.25, -0.2) is 9.97 Å². The van der Waals surface area contributed by atoms with Crippen molar-refractivity contribution in [2.75, 3.05) is 0 Å². The van der Waals surface area contributed by atoms with E-state index >= 15 is 0 Å². The van der Waals surface area contributed by atoms with E-state index in [-0.39, 0.29) is 10.8 Å². The average Bonchev–Trinajstić information content (AvgIpc) is 2.76. The van der Waals surface area contributed by atoms with Crippen molar-refractivity contribution in [2.24, 2.45) is 0 Å². The largest absolute Gasteiger partial charge is 0.330 e. The minimum atomic E-state index is -0.504. The van der Waals surface area contributed by atoms with Gasteiger partial charge in [0.25, 0.3) is 5.69 Å². The van der Waals surface area contributed by atoms with Crippen LogP contribution in [0.25, 0.3) is 11.5 Å². The molecule has 0 spiro atoms. The van der Waals surface area contributed by atoms with E-state index in [0.29, 0.717) is 18.1 Å². The van der Waals surface area contributed by atoms with Gasteiger partial charge in [-0.05, 0) is 6.92 Å². The zero-order valence-corrected chi connectivity index (χ0v) is 9.76. The Hall–Kier alpha value is -1.95. The molecule has 0 aliphatic rings. The first kappa shape index (κ1) is 11.5. The molecule has 0 saturated carbocycles. The van der Waals surface area contributed by atoms with E-state index in [4.69, 9.17) is 11.6 Å². The van der Waals surface area contributed by atoms with Crippen LogP contribution in [0.3, 0.4) is 0 Å². The number of pyridine rings is 1. The van der Waals surface area contributed by atoms with Gasteiger partial charge in [0.15, 0.2) is 5.82 Å². The van der Waals surface area contributed by atoms with Crippen LogP contribution in [0, 0.1) is 10.1 Å². The van der Waals surface area contributed by atoms with E-state index in [1.807, 2.05) is 11.5 Å². The van der Waals surface area contributed by atoms with Gasteiger partial charge >= 0.3 is 0 Å². The summed E-state index contributed by atoms with van der Waals surface area (Å²) in [5.74, 6) is 0.568. The second-order valence-corrected chi connectivity index (χ2v) is 3.71. The molecule has 0 radical (unpaired) electrons. The van der Waals surface area contributed by atoms with Gasteiger partial charge in [-0.2, -0.15) is 0 Å². The Balaban J connectivity index is 2.56. The molecule has 0 aliphatic heterocycles. The average molecular weight is 253 g/mol. The zero-order valence-electron chi connectivity index (χ0n) is 9.00. The molecule has 0 atom stereocenters. The lowest BCUT2D eigenvalue weighted by atomic mass is 10.3. The second kappa shape index (κ2) is 4.50. The number of halogens is 1. The summed E-state index contributed by atoms with van der Waals surface area (Å²) < 4.78 is 1.84. The van der Waals surface area contributed by atoms with Gasteiger partial charge < -0.3 is 4.57 Å². The Morgan fingerprint density at radius 2 is 2.29 bits per heavy atom. The van der Waals surface area contributed by atoms with Crippen LogP contribution in [0.5, 0.6) is 0 Å². The Morgan fingerprint density at radius 3 is 2.94 bits per heavy atom. The molecular weight excluding hydrogens is 244 g/mol. The molecule has 0 aromatic carbocycles. The molecule has 2 heterocycles. The maximum atomic E-state index is 10.7. The first-order valence-electron chi connectivity index (χ1n) is 4.95. The molecule has 2 rings (SSSR count). The molecule has 0 saturated heterocycles. The van der Waals surface area contributed by atoms with Gasteiger partial charge in [-0.1, -0.05) is 11.6 Å². The van der Waals surface area contributed by atoms with Gasteiger partial charge in [0.05, 0.1) is 11.0 Å². The first-order chi connectivity index (χ1) is 8.11. The molecular formula is C10H9ClN4O2. The van der Waals surface area contributed by atoms with Gasteiger partial charge in [0.2, 0.25) is 0 Å². The standard InChI is InChI=1S/C10H9ClN4O2/c1-2-14-4-3-12-10(14)8-5-7(15(16)17)6-9(11)13-8/h3-6H,2H2,1H3. The lowest BCUT2D eigenvalue weighted by Crippen LogP contribution is -1.99. The van der Waals surface area contributed by atoms with Crippen molar-refractivity contribution >= 4 is 17.3 Å². The lowest BCUT2D eigenvalue weighted by molar-refractivity contribution is -0.384. The fourth-order valence-corrected chi connectivity index (χ4v) is 1.70. The SMILES string of the molecule is CCn1ccnc1-c1cc([N+](=O)[O-])cc(Cl)n1. The lowest BCUT2D eigenvalue weighted by Gasteiger charge is -2.04. The third-order valence-electron chi connectivity index (χ3n) is 2.27. The highest BCUT2D eigenvalue weighted by Crippen LogP contribution is 2.24. The molecule has 6 nitrogen and oxygen atoms in total. The summed E-state index contributed by atoms with van der Waals surface area (Å²) in [7, 11) is 0. The highest BCUT2D eigenvalue weighted by atomic mass is 35.5. The van der Waals surface area contributed by atoms with Crippen LogP contribution in [0.4, 0.5) is 5.69 Å². The third-order valence-corrected chi connectivity index (χ3v) is 2.47. The van der Waals surface area contributed by atoms with Crippen molar-refractivity contribution in [3.63, 3.8) is 0 Å². The number of hydrogen-bond acceptors (Lipinski definition) is 4. The molecule has 2 aromatic rings. The Kier molecular flexibility index (Phi) is 3.06. The maximum absolute atomic E-state index is 10.7. The van der Waals surface area contributed by atoms with Crippen LogP contribution in [0.2, 0.25) is 5.15 Å². The monoisotopic (exact) mass is 252 g/mol. The van der Waals surface area contributed by atoms with E-state index in [1.54, 1.807) is 12.4 Å². The summed E-state index contributed by atoms with van der Waals surface area (Å²) in [5, 5.41) is 10.8. The van der Waals surface area contributed by atoms with Crippen LogP contribution in [-0.2, 0) is 6.54 Å². The van der Waals surface area contributed by atoms with Crippen LogP contribution in [0.15, 0.2) is 24.5 Å². The van der Waals surface area contributed by atoms with E-state index in [2.05, 4.69) is 9.97 Å². The number of hydrogen-bond donors (Lipinski definition) is 0. The number of nitro groups is 1. The smallest absolute Gasteiger partial charge is 0.274 e. The van der Waals surface area contributed by atoms with Crippen molar-refractivity contribution in [3.8, 4) is 11.5 Å². The minimum absolute atomic E-state index is 0.0832. The summed E-state index contributed by atoms with van der Waals surface area (Å²) in [6, 6.07) is 2.57. The first-order valence-corrected chi connectivity index (χ1v) is 5.33. The molecule has 7 heteroatoms. The van der Waals surface area contributed by atoms with Crippen LogP contribution in [-0.4, -0.2) is 19.5 Å². The van der Waals surface area contributed by atoms with Crippen molar-refractivity contribution in [1.29, 1.82) is 0 Å². The minimum Gasteiger partial charge on any atom is -0.330 e. The zero-order chi connectivity index (χ0) is 12.4. The van der Waals surface area contributed by atoms with Gasteiger partial charge in [0.1, 0.15) is 10.8 Å². The summed E-state index contributed by atoms with van der Waals surface area (Å²) in [6.07, 6.45) is 3.40. The molecule has 0 unspecified atom stereocenters. The predicted octanol–water partition coefficient (Wildman–Crippen LogP) is 2.53. The van der Waals surface area contributed by atoms with E-state index < -0.39 is 4.92 Å². The fourth-order valence-electron chi connectivity index (χ4n) is 1.50. The maximum Gasteiger partial charge on any atom is 0.274 e. The van der Waals surface area contributed by atoms with E-state index in [9.17, 15) is 10.1 Å². The molecule has 0 bridgehead atoms. The summed E-state index contributed by atoms with van der Waals surface area (Å²) in [6.45, 7) is 2.65. The Bertz CT molecular complexity index is 567. The number of rotatable bonds is 3. The number of nitrogens with zero attached hydrogens (tertiary/aromatic N) is 4. The van der Waals surface area contributed by atoms with Crippen molar-refractivity contribution in [1.82, 2.24) is 14.5 Å². The van der Waals surface area contributed by atoms with Gasteiger partial charge in [0, 0.05) is 25.0 Å². The van der Waals surface area contributed by atoms with Crippen LogP contribution < -0.4 is 0 Å². The molecule has 0 N–H and O–H groups in total. The van der Waals surface area contributed by atoms with Crippen molar-refractivity contribution < 1.29 is 4.92 Å². The molecule has 0 amide bonds. The Labute approximate surface area is 102 Å². The van der Waals surface area contributed by atoms with Crippen LogP contribution in [0.1, 0.15) is 6.92 Å². The summed E-state index contributed by atoms with van der Waals surface area (Å²) in [5.41, 5.74) is 0.307. The van der Waals surface area contributed by atoms with Gasteiger partial charge in [-0.3, -0.25) is 10.1 Å². The highest BCUT2D eigenvalue weighted by molar-refractivity contribution is 6.29. The number of imidazole rings is 1. The quantitative estimate of drug-likeness (QED) is 0.478. The Morgan fingerprint density at radius 1 is 1.53 bits per heavy atom. The molecule has 0 aliphatic carbocycles. The fraction of sp³-hybridized carbons (Fsp3) is 0.200. The normalized spacial score (nSPS) is 10.5. The molecule has 17 heavy (non-hydrogen) atoms. The number of aryl methyl sites for hydroxylation is 1. The predicted molar refractivity (Wildman–Crippen MR) is 62.8 cm³/mol. The second-order valence-electron chi connectivity index (χ2n) is 3.33. The summed E-state index contributed by atoms with van der Waals surface area (Å²) in [4.78, 5) is 18.4. The summed E-state index contributed by atoms with van der Waals surface area (Å²) >= 11 is 5.75.